The second-order valence-corrected chi connectivity index (χ2v) is 14.6. The number of rotatable bonds is 6. The largest absolute Gasteiger partial charge is 0.483 e. The van der Waals surface area contributed by atoms with E-state index in [1.54, 1.807) is 16.2 Å². The van der Waals surface area contributed by atoms with Crippen LogP contribution in [0.25, 0.3) is 32.6 Å². The van der Waals surface area contributed by atoms with Crippen molar-refractivity contribution in [3.63, 3.8) is 0 Å². The summed E-state index contributed by atoms with van der Waals surface area (Å²) in [6.45, 7) is 14.0. The van der Waals surface area contributed by atoms with E-state index in [9.17, 15) is 4.79 Å². The molecular formula is C38H42N6O4S. The number of aromatic nitrogens is 3. The van der Waals surface area contributed by atoms with Gasteiger partial charge in [0.05, 0.1) is 18.8 Å². The first kappa shape index (κ1) is 34.0. The molecule has 3 aromatic heterocycles. The second kappa shape index (κ2) is 14.3. The average molecular weight is 679 g/mol. The summed E-state index contributed by atoms with van der Waals surface area (Å²) >= 11 is 1.66. The van der Waals surface area contributed by atoms with Crippen molar-refractivity contribution in [1.29, 1.82) is 0 Å². The number of ether oxygens (including phenoxy) is 1. The summed E-state index contributed by atoms with van der Waals surface area (Å²) < 4.78 is 5.58. The Hall–Kier alpha value is -4.87. The van der Waals surface area contributed by atoms with Crippen LogP contribution in [0.4, 0.5) is 16.3 Å². The number of amides is 1. The molecule has 254 valence electrons. The Morgan fingerprint density at radius 1 is 1.00 bits per heavy atom. The van der Waals surface area contributed by atoms with Crippen LogP contribution in [-0.2, 0) is 29.2 Å². The normalized spacial score (nSPS) is 14.3. The number of hydrogen-bond acceptors (Lipinski definition) is 9. The maximum atomic E-state index is 12.6. The third-order valence-electron chi connectivity index (χ3n) is 8.81. The van der Waals surface area contributed by atoms with Crippen LogP contribution in [0, 0.1) is 13.8 Å². The van der Waals surface area contributed by atoms with Gasteiger partial charge in [-0.15, -0.1) is 11.3 Å². The highest BCUT2D eigenvalue weighted by molar-refractivity contribution is 7.15. The van der Waals surface area contributed by atoms with Gasteiger partial charge in [-0.25, -0.2) is 14.8 Å². The highest BCUT2D eigenvalue weighted by atomic mass is 32.1. The lowest BCUT2D eigenvalue weighted by atomic mass is 9.93. The molecule has 0 radical (unpaired) electrons. The zero-order valence-electron chi connectivity index (χ0n) is 28.6. The summed E-state index contributed by atoms with van der Waals surface area (Å²) in [7, 11) is 0. The van der Waals surface area contributed by atoms with Crippen molar-refractivity contribution in [1.82, 2.24) is 24.8 Å². The Balaban J connectivity index is 0.00000134. The Bertz CT molecular complexity index is 1970. The number of hydrogen-bond donors (Lipinski definition) is 2. The van der Waals surface area contributed by atoms with Gasteiger partial charge in [-0.2, -0.15) is 0 Å². The third-order valence-corrected chi connectivity index (χ3v) is 9.92. The van der Waals surface area contributed by atoms with Gasteiger partial charge < -0.3 is 15.2 Å². The van der Waals surface area contributed by atoms with E-state index in [0.717, 1.165) is 61.2 Å². The maximum absolute atomic E-state index is 12.6. The van der Waals surface area contributed by atoms with Crippen molar-refractivity contribution in [2.24, 2.45) is 0 Å². The molecule has 5 aromatic rings. The maximum Gasteiger partial charge on any atom is 0.410 e. The van der Waals surface area contributed by atoms with Crippen LogP contribution >= 0.6 is 11.3 Å². The second-order valence-electron chi connectivity index (χ2n) is 13.5. The molecule has 2 N–H and O–H groups in total. The number of fused-ring (bicyclic) bond motifs is 2. The Labute approximate surface area is 290 Å². The lowest BCUT2D eigenvalue weighted by Gasteiger charge is -2.24. The van der Waals surface area contributed by atoms with E-state index in [1.807, 2.05) is 39.2 Å². The minimum Gasteiger partial charge on any atom is -0.483 e. The molecule has 2 aromatic carbocycles. The summed E-state index contributed by atoms with van der Waals surface area (Å²) in [5.41, 5.74) is 9.31. The van der Waals surface area contributed by atoms with Gasteiger partial charge in [-0.05, 0) is 107 Å². The highest BCUT2D eigenvalue weighted by Crippen LogP contribution is 2.40. The minimum absolute atomic E-state index is 0.250. The van der Waals surface area contributed by atoms with Gasteiger partial charge in [0.2, 0.25) is 0 Å². The molecule has 1 amide bonds. The van der Waals surface area contributed by atoms with Gasteiger partial charge in [0.1, 0.15) is 16.1 Å². The van der Waals surface area contributed by atoms with E-state index >= 15 is 0 Å². The lowest BCUT2D eigenvalue weighted by molar-refractivity contribution is -0.122. The number of anilines is 2. The first-order valence-corrected chi connectivity index (χ1v) is 17.3. The summed E-state index contributed by atoms with van der Waals surface area (Å²) in [5.74, 6) is 0.758. The molecule has 0 bridgehead atoms. The Kier molecular flexibility index (Phi) is 9.94. The Morgan fingerprint density at radius 2 is 1.69 bits per heavy atom. The molecule has 2 aliphatic rings. The molecule has 7 rings (SSSR count). The van der Waals surface area contributed by atoms with E-state index in [0.29, 0.717) is 13.1 Å². The average Bonchev–Trinajstić information content (AvgIpc) is 3.80. The smallest absolute Gasteiger partial charge is 0.410 e. The molecule has 10 nitrogen and oxygen atoms in total. The molecule has 0 saturated carbocycles. The number of nitrogens with one attached hydrogen (secondary N) is 1. The molecular weight excluding hydrogens is 637 g/mol. The topological polar surface area (TPSA) is 121 Å². The molecule has 1 saturated heterocycles. The van der Waals surface area contributed by atoms with E-state index in [4.69, 9.17) is 24.6 Å². The number of carboxylic acid groups (broad SMARTS) is 1. The molecule has 0 unspecified atom stereocenters. The number of carbonyl (C=O) groups is 2. The van der Waals surface area contributed by atoms with E-state index in [-0.39, 0.29) is 12.6 Å². The predicted octanol–water partition coefficient (Wildman–Crippen LogP) is 8.33. The van der Waals surface area contributed by atoms with Crippen LogP contribution < -0.4 is 5.32 Å². The fourth-order valence-electron chi connectivity index (χ4n) is 6.44. The van der Waals surface area contributed by atoms with Crippen LogP contribution in [0.3, 0.4) is 0 Å². The van der Waals surface area contributed by atoms with Gasteiger partial charge in [-0.1, -0.05) is 30.3 Å². The zero-order chi connectivity index (χ0) is 34.7. The first-order chi connectivity index (χ1) is 23.5. The van der Waals surface area contributed by atoms with Crippen LogP contribution in [0.15, 0.2) is 60.9 Å². The van der Waals surface area contributed by atoms with Crippen LogP contribution in [0.2, 0.25) is 0 Å². The first-order valence-electron chi connectivity index (χ1n) is 16.5. The number of nitrogens with zero attached hydrogens (tertiary/aromatic N) is 5. The van der Waals surface area contributed by atoms with E-state index in [2.05, 4.69) is 71.5 Å². The monoisotopic (exact) mass is 678 g/mol. The van der Waals surface area contributed by atoms with E-state index in [1.165, 1.54) is 42.6 Å². The van der Waals surface area contributed by atoms with Crippen molar-refractivity contribution in [3.8, 4) is 21.7 Å². The van der Waals surface area contributed by atoms with Crippen LogP contribution in [0.1, 0.15) is 60.9 Å². The van der Waals surface area contributed by atoms with Crippen molar-refractivity contribution in [2.45, 2.75) is 72.7 Å². The van der Waals surface area contributed by atoms with Gasteiger partial charge >= 0.3 is 6.09 Å². The lowest BCUT2D eigenvalue weighted by Crippen LogP contribution is -2.33. The molecule has 0 spiro atoms. The molecule has 11 heteroatoms. The zero-order valence-corrected chi connectivity index (χ0v) is 29.4. The number of thiazole rings is 1. The quantitative estimate of drug-likeness (QED) is 0.171. The van der Waals surface area contributed by atoms with Crippen LogP contribution in [-0.4, -0.2) is 61.1 Å². The van der Waals surface area contributed by atoms with E-state index < -0.39 is 5.60 Å². The summed E-state index contributed by atoms with van der Waals surface area (Å²) in [4.78, 5) is 40.8. The number of likely N-dealkylation sites (tertiary alicyclic amines) is 1. The van der Waals surface area contributed by atoms with Crippen molar-refractivity contribution < 1.29 is 19.4 Å². The SMILES string of the molecule is Cc1c(Nc2nccc3cc(CN4CCCC4)cnc23)cccc1-c1cccc(-c2nc3c(s2)CN(C(=O)OC(C)(C)C)C3)c1C.O=CO. The van der Waals surface area contributed by atoms with Gasteiger partial charge in [0.15, 0.2) is 5.82 Å². The van der Waals surface area contributed by atoms with Crippen molar-refractivity contribution in [2.75, 3.05) is 18.4 Å². The van der Waals surface area contributed by atoms with Crippen molar-refractivity contribution in [3.05, 3.63) is 88.2 Å². The van der Waals surface area contributed by atoms with Gasteiger partial charge in [0.25, 0.3) is 6.47 Å². The third kappa shape index (κ3) is 7.58. The van der Waals surface area contributed by atoms with Gasteiger partial charge in [0, 0.05) is 40.5 Å². The summed E-state index contributed by atoms with van der Waals surface area (Å²) in [6.07, 6.45) is 6.12. The predicted molar refractivity (Wildman–Crippen MR) is 194 cm³/mol. The van der Waals surface area contributed by atoms with Crippen molar-refractivity contribution >= 4 is 46.3 Å². The van der Waals surface area contributed by atoms with Crippen LogP contribution in [0.5, 0.6) is 0 Å². The molecule has 1 fully saturated rings. The fraction of sp³-hybridized carbons (Fsp3) is 0.342. The molecule has 0 atom stereocenters. The molecule has 49 heavy (non-hydrogen) atoms. The Morgan fingerprint density at radius 3 is 2.41 bits per heavy atom. The molecule has 2 aliphatic heterocycles. The standard InChI is InChI=1S/C37H40N6O2S.CH2O2/c1-23-27(10-8-12-29(23)35-41-31-21-43(22-32(31)46-35)36(44)45-37(3,4)5)28-11-9-13-30(24(28)2)40-34-33-26(14-15-38-34)18-25(19-39-33)20-42-16-6-7-17-42;2-1-3/h8-15,18-19H,6-7,16-17,20-22H2,1-5H3,(H,38,40);1H,(H,2,3). The fourth-order valence-corrected chi connectivity index (χ4v) is 7.61. The number of pyridine rings is 2. The summed E-state index contributed by atoms with van der Waals surface area (Å²) in [6, 6.07) is 17.1. The number of benzene rings is 2. The highest BCUT2D eigenvalue weighted by Gasteiger charge is 2.31. The molecule has 5 heterocycles. The number of carbonyl (C=O) groups excluding carboxylic acids is 1. The summed E-state index contributed by atoms with van der Waals surface area (Å²) in [5, 5.41) is 12.6. The van der Waals surface area contributed by atoms with Gasteiger partial charge in [-0.3, -0.25) is 19.6 Å². The minimum atomic E-state index is -0.520. The molecule has 0 aliphatic carbocycles.